The van der Waals surface area contributed by atoms with Crippen LogP contribution in [0.3, 0.4) is 0 Å². The summed E-state index contributed by atoms with van der Waals surface area (Å²) in [4.78, 5) is 1.17. The normalized spacial score (nSPS) is 10.6. The lowest BCUT2D eigenvalue weighted by atomic mass is 10.3. The third-order valence-corrected chi connectivity index (χ3v) is 5.98. The number of hydrogen-bond donors (Lipinski definition) is 1. The summed E-state index contributed by atoms with van der Waals surface area (Å²) in [5.41, 5.74) is 0.770. The van der Waals surface area contributed by atoms with Crippen molar-refractivity contribution in [3.63, 3.8) is 0 Å². The average Bonchev–Trinajstić information content (AvgIpc) is 2.60. The molecule has 0 atom stereocenters. The van der Waals surface area contributed by atoms with E-state index in [1.165, 1.54) is 10.9 Å². The molecule has 0 aliphatic rings. The van der Waals surface area contributed by atoms with Crippen LogP contribution in [0.15, 0.2) is 37.0 Å². The molecule has 2 aromatic rings. The van der Waals surface area contributed by atoms with Gasteiger partial charge in [0.1, 0.15) is 5.82 Å². The SMILES string of the molecule is Fc1cc(NCc2cc(Br)c(Br)s2)ccc1Br. The highest BCUT2D eigenvalue weighted by molar-refractivity contribution is 9.13. The first-order valence-electron chi connectivity index (χ1n) is 4.69. The highest BCUT2D eigenvalue weighted by atomic mass is 79.9. The third kappa shape index (κ3) is 3.53. The van der Waals surface area contributed by atoms with Gasteiger partial charge in [0, 0.05) is 21.6 Å². The van der Waals surface area contributed by atoms with Crippen molar-refractivity contribution in [3.05, 3.63) is 47.7 Å². The highest BCUT2D eigenvalue weighted by Crippen LogP contribution is 2.32. The molecule has 0 spiro atoms. The van der Waals surface area contributed by atoms with E-state index in [-0.39, 0.29) is 5.82 Å². The van der Waals surface area contributed by atoms with Crippen LogP contribution in [-0.2, 0) is 6.54 Å². The van der Waals surface area contributed by atoms with Crippen LogP contribution < -0.4 is 5.32 Å². The molecular weight excluding hydrogens is 437 g/mol. The van der Waals surface area contributed by atoms with Gasteiger partial charge in [0.2, 0.25) is 0 Å². The van der Waals surface area contributed by atoms with Crippen molar-refractivity contribution in [1.82, 2.24) is 0 Å². The molecule has 1 aromatic carbocycles. The topological polar surface area (TPSA) is 12.0 Å². The largest absolute Gasteiger partial charge is 0.380 e. The fourth-order valence-electron chi connectivity index (χ4n) is 1.27. The fraction of sp³-hybridized carbons (Fsp3) is 0.0909. The number of hydrogen-bond acceptors (Lipinski definition) is 2. The molecule has 0 aliphatic carbocycles. The zero-order valence-electron chi connectivity index (χ0n) is 8.44. The number of anilines is 1. The number of benzene rings is 1. The molecule has 2 rings (SSSR count). The molecule has 0 amide bonds. The molecule has 1 N–H and O–H groups in total. The molecule has 0 bridgehead atoms. The van der Waals surface area contributed by atoms with E-state index in [2.05, 4.69) is 53.1 Å². The maximum Gasteiger partial charge on any atom is 0.139 e. The summed E-state index contributed by atoms with van der Waals surface area (Å²) >= 11 is 11.6. The van der Waals surface area contributed by atoms with Crippen LogP contribution in [0.1, 0.15) is 4.88 Å². The van der Waals surface area contributed by atoms with Crippen molar-refractivity contribution < 1.29 is 4.39 Å². The van der Waals surface area contributed by atoms with Gasteiger partial charge in [0.15, 0.2) is 0 Å². The first kappa shape index (κ1) is 13.5. The van der Waals surface area contributed by atoms with E-state index in [9.17, 15) is 4.39 Å². The molecule has 0 radical (unpaired) electrons. The summed E-state index contributed by atoms with van der Waals surface area (Å²) < 4.78 is 15.9. The first-order valence-corrected chi connectivity index (χ1v) is 7.88. The van der Waals surface area contributed by atoms with Gasteiger partial charge < -0.3 is 5.32 Å². The lowest BCUT2D eigenvalue weighted by Gasteiger charge is -2.05. The van der Waals surface area contributed by atoms with Crippen LogP contribution in [0.4, 0.5) is 10.1 Å². The zero-order valence-corrected chi connectivity index (χ0v) is 14.0. The average molecular weight is 444 g/mol. The van der Waals surface area contributed by atoms with E-state index in [0.29, 0.717) is 11.0 Å². The Morgan fingerprint density at radius 1 is 1.12 bits per heavy atom. The van der Waals surface area contributed by atoms with Crippen LogP contribution in [0.2, 0.25) is 0 Å². The third-order valence-electron chi connectivity index (χ3n) is 2.08. The van der Waals surface area contributed by atoms with Crippen LogP contribution in [0, 0.1) is 5.82 Å². The van der Waals surface area contributed by atoms with Crippen molar-refractivity contribution in [1.29, 1.82) is 0 Å². The quantitative estimate of drug-likeness (QED) is 0.633. The second-order valence-corrected chi connectivity index (χ2v) is 7.48. The van der Waals surface area contributed by atoms with Gasteiger partial charge in [-0.3, -0.25) is 0 Å². The predicted molar refractivity (Wildman–Crippen MR) is 81.1 cm³/mol. The summed E-state index contributed by atoms with van der Waals surface area (Å²) in [5, 5.41) is 3.18. The molecule has 6 heteroatoms. The number of rotatable bonds is 3. The van der Waals surface area contributed by atoms with E-state index in [0.717, 1.165) is 13.9 Å². The molecular formula is C11H7Br3FNS. The van der Waals surface area contributed by atoms with Gasteiger partial charge >= 0.3 is 0 Å². The van der Waals surface area contributed by atoms with Crippen LogP contribution in [-0.4, -0.2) is 0 Å². The fourth-order valence-corrected chi connectivity index (χ4v) is 3.64. The van der Waals surface area contributed by atoms with Crippen LogP contribution in [0.5, 0.6) is 0 Å². The molecule has 0 fully saturated rings. The van der Waals surface area contributed by atoms with Crippen LogP contribution >= 0.6 is 59.1 Å². The minimum absolute atomic E-state index is 0.261. The standard InChI is InChI=1S/C11H7Br3FNS/c12-8-2-1-6(3-10(8)15)16-5-7-4-9(13)11(14)17-7/h1-4,16H,5H2. The Morgan fingerprint density at radius 3 is 2.47 bits per heavy atom. The number of nitrogens with one attached hydrogen (secondary N) is 1. The maximum atomic E-state index is 13.3. The molecule has 90 valence electrons. The van der Waals surface area contributed by atoms with E-state index in [4.69, 9.17) is 0 Å². The van der Waals surface area contributed by atoms with Crippen molar-refractivity contribution in [3.8, 4) is 0 Å². The van der Waals surface area contributed by atoms with Gasteiger partial charge in [-0.05, 0) is 72.1 Å². The van der Waals surface area contributed by atoms with Gasteiger partial charge in [0.25, 0.3) is 0 Å². The van der Waals surface area contributed by atoms with Crippen molar-refractivity contribution >= 4 is 64.8 Å². The summed E-state index contributed by atoms with van der Waals surface area (Å²) in [6.45, 7) is 0.677. The van der Waals surface area contributed by atoms with E-state index >= 15 is 0 Å². The molecule has 1 nitrogen and oxygen atoms in total. The second-order valence-electron chi connectivity index (χ2n) is 3.32. The van der Waals surface area contributed by atoms with E-state index < -0.39 is 0 Å². The van der Waals surface area contributed by atoms with Gasteiger partial charge in [-0.1, -0.05) is 0 Å². The maximum absolute atomic E-state index is 13.3. The van der Waals surface area contributed by atoms with Crippen molar-refractivity contribution in [2.45, 2.75) is 6.54 Å². The summed E-state index contributed by atoms with van der Waals surface area (Å²) in [6.07, 6.45) is 0. The smallest absolute Gasteiger partial charge is 0.139 e. The highest BCUT2D eigenvalue weighted by Gasteiger charge is 2.05. The first-order chi connectivity index (χ1) is 8.06. The van der Waals surface area contributed by atoms with Crippen molar-refractivity contribution in [2.75, 3.05) is 5.32 Å². The number of thiophene rings is 1. The Kier molecular flexibility index (Phi) is 4.63. The Balaban J connectivity index is 2.04. The van der Waals surface area contributed by atoms with Gasteiger partial charge in [-0.2, -0.15) is 0 Å². The molecule has 0 saturated carbocycles. The molecule has 0 aliphatic heterocycles. The summed E-state index contributed by atoms with van der Waals surface area (Å²) in [7, 11) is 0. The predicted octanol–water partition coefficient (Wildman–Crippen LogP) is 5.79. The minimum atomic E-state index is -0.261. The monoisotopic (exact) mass is 441 g/mol. The molecule has 17 heavy (non-hydrogen) atoms. The second kappa shape index (κ2) is 5.82. The molecule has 0 saturated heterocycles. The molecule has 1 aromatic heterocycles. The molecule has 1 heterocycles. The van der Waals surface area contributed by atoms with E-state index in [1.807, 2.05) is 12.1 Å². The lowest BCUT2D eigenvalue weighted by Crippen LogP contribution is -1.97. The summed E-state index contributed by atoms with van der Waals surface area (Å²) in [6, 6.07) is 7.04. The number of halogens is 4. The Hall–Kier alpha value is 0.0900. The Labute approximate surface area is 128 Å². The zero-order chi connectivity index (χ0) is 12.4. The van der Waals surface area contributed by atoms with Gasteiger partial charge in [-0.25, -0.2) is 4.39 Å². The minimum Gasteiger partial charge on any atom is -0.380 e. The Morgan fingerprint density at radius 2 is 1.88 bits per heavy atom. The lowest BCUT2D eigenvalue weighted by molar-refractivity contribution is 0.621. The molecule has 0 unspecified atom stereocenters. The van der Waals surface area contributed by atoms with Gasteiger partial charge in [-0.15, -0.1) is 11.3 Å². The van der Waals surface area contributed by atoms with Crippen LogP contribution in [0.25, 0.3) is 0 Å². The van der Waals surface area contributed by atoms with E-state index in [1.54, 1.807) is 17.4 Å². The Bertz CT molecular complexity index is 522. The van der Waals surface area contributed by atoms with Gasteiger partial charge in [0.05, 0.1) is 8.26 Å². The summed E-state index contributed by atoms with van der Waals surface area (Å²) in [5.74, 6) is -0.261. The van der Waals surface area contributed by atoms with Crippen molar-refractivity contribution in [2.24, 2.45) is 0 Å².